The molecule has 1 rings (SSSR count). The molecule has 0 saturated carbocycles. The van der Waals surface area contributed by atoms with Crippen LogP contribution in [0.3, 0.4) is 0 Å². The Morgan fingerprint density at radius 1 is 1.32 bits per heavy atom. The van der Waals surface area contributed by atoms with Gasteiger partial charge in [0.15, 0.2) is 5.96 Å². The van der Waals surface area contributed by atoms with Crippen LogP contribution in [0.25, 0.3) is 0 Å². The number of hydrogen-bond acceptors (Lipinski definition) is 3. The predicted molar refractivity (Wildman–Crippen MR) is 64.6 cm³/mol. The number of benzene rings is 1. The fourth-order valence-corrected chi connectivity index (χ4v) is 1.68. The Kier molecular flexibility index (Phi) is 4.24. The number of alkyl halides is 3. The lowest BCUT2D eigenvalue weighted by atomic mass is 10.2. The number of halogens is 3. The SMILES string of the molecule is NC(N)=NCc1cccc(NS(=O)(=O)C(F)(F)F)c1. The number of aliphatic imine (C=N–C) groups is 1. The highest BCUT2D eigenvalue weighted by Gasteiger charge is 2.45. The predicted octanol–water partition coefficient (Wildman–Crippen LogP) is 0.721. The minimum Gasteiger partial charge on any atom is -0.370 e. The highest BCUT2D eigenvalue weighted by molar-refractivity contribution is 7.93. The van der Waals surface area contributed by atoms with E-state index in [9.17, 15) is 21.6 Å². The summed E-state index contributed by atoms with van der Waals surface area (Å²) >= 11 is 0. The zero-order valence-electron chi connectivity index (χ0n) is 9.48. The van der Waals surface area contributed by atoms with Gasteiger partial charge in [-0.2, -0.15) is 21.6 Å². The summed E-state index contributed by atoms with van der Waals surface area (Å²) in [5.74, 6) is -0.179. The Morgan fingerprint density at radius 3 is 2.47 bits per heavy atom. The topological polar surface area (TPSA) is 111 Å². The lowest BCUT2D eigenvalue weighted by Crippen LogP contribution is -2.29. The largest absolute Gasteiger partial charge is 0.516 e. The van der Waals surface area contributed by atoms with Crippen molar-refractivity contribution in [2.24, 2.45) is 16.5 Å². The number of hydrogen-bond donors (Lipinski definition) is 3. The van der Waals surface area contributed by atoms with E-state index in [1.807, 2.05) is 0 Å². The molecule has 0 heterocycles. The Hall–Kier alpha value is -1.97. The normalized spacial score (nSPS) is 11.9. The second-order valence-electron chi connectivity index (χ2n) is 3.49. The van der Waals surface area contributed by atoms with Gasteiger partial charge in [0.2, 0.25) is 0 Å². The lowest BCUT2D eigenvalue weighted by molar-refractivity contribution is -0.0429. The molecule has 0 aliphatic carbocycles. The number of nitrogens with two attached hydrogens (primary N) is 2. The highest BCUT2D eigenvalue weighted by atomic mass is 32.2. The first-order valence-electron chi connectivity index (χ1n) is 4.85. The van der Waals surface area contributed by atoms with E-state index in [1.165, 1.54) is 29.0 Å². The van der Waals surface area contributed by atoms with Gasteiger partial charge in [-0.15, -0.1) is 0 Å². The molecule has 0 aliphatic rings. The average molecular weight is 296 g/mol. The Labute approximate surface area is 107 Å². The van der Waals surface area contributed by atoms with Crippen LogP contribution in [0.5, 0.6) is 0 Å². The van der Waals surface area contributed by atoms with Crippen LogP contribution in [0.4, 0.5) is 18.9 Å². The number of sulfonamides is 1. The van der Waals surface area contributed by atoms with Crippen LogP contribution in [-0.2, 0) is 16.6 Å². The van der Waals surface area contributed by atoms with Crippen molar-refractivity contribution >= 4 is 21.7 Å². The summed E-state index contributed by atoms with van der Waals surface area (Å²) < 4.78 is 59.7. The van der Waals surface area contributed by atoms with Gasteiger partial charge >= 0.3 is 15.5 Å². The molecule has 0 amide bonds. The van der Waals surface area contributed by atoms with Gasteiger partial charge in [0.1, 0.15) is 0 Å². The molecule has 6 nitrogen and oxygen atoms in total. The molecular weight excluding hydrogens is 285 g/mol. The first-order chi connectivity index (χ1) is 8.62. The molecule has 0 fully saturated rings. The monoisotopic (exact) mass is 296 g/mol. The van der Waals surface area contributed by atoms with E-state index in [2.05, 4.69) is 4.99 Å². The summed E-state index contributed by atoms with van der Waals surface area (Å²) in [4.78, 5) is 3.65. The van der Waals surface area contributed by atoms with Crippen molar-refractivity contribution in [3.63, 3.8) is 0 Å². The molecular formula is C9H11F3N4O2S. The molecule has 0 aliphatic heterocycles. The molecule has 0 radical (unpaired) electrons. The first kappa shape index (κ1) is 15.1. The molecule has 10 heteroatoms. The van der Waals surface area contributed by atoms with Gasteiger partial charge in [0.05, 0.1) is 6.54 Å². The maximum Gasteiger partial charge on any atom is 0.516 e. The van der Waals surface area contributed by atoms with Gasteiger partial charge in [0.25, 0.3) is 0 Å². The molecule has 19 heavy (non-hydrogen) atoms. The van der Waals surface area contributed by atoms with Crippen LogP contribution in [0, 0.1) is 0 Å². The zero-order valence-corrected chi connectivity index (χ0v) is 10.3. The molecule has 0 unspecified atom stereocenters. The second kappa shape index (κ2) is 5.34. The number of nitrogens with one attached hydrogen (secondary N) is 1. The smallest absolute Gasteiger partial charge is 0.370 e. The number of anilines is 1. The minimum absolute atomic E-state index is 0.0317. The lowest BCUT2D eigenvalue weighted by Gasteiger charge is -2.11. The highest BCUT2D eigenvalue weighted by Crippen LogP contribution is 2.25. The summed E-state index contributed by atoms with van der Waals surface area (Å²) in [5, 5.41) is 0. The van der Waals surface area contributed by atoms with Crippen molar-refractivity contribution in [1.82, 2.24) is 0 Å². The second-order valence-corrected chi connectivity index (χ2v) is 5.17. The third-order valence-corrected chi connectivity index (χ3v) is 3.04. The van der Waals surface area contributed by atoms with Crippen LogP contribution in [0.1, 0.15) is 5.56 Å². The Morgan fingerprint density at radius 2 is 1.95 bits per heavy atom. The van der Waals surface area contributed by atoms with Gasteiger partial charge in [-0.3, -0.25) is 4.72 Å². The third kappa shape index (κ3) is 4.32. The number of rotatable bonds is 4. The van der Waals surface area contributed by atoms with Crippen molar-refractivity contribution in [3.8, 4) is 0 Å². The Bertz CT molecular complexity index is 579. The minimum atomic E-state index is -5.43. The van der Waals surface area contributed by atoms with Crippen LogP contribution in [-0.4, -0.2) is 19.9 Å². The van der Waals surface area contributed by atoms with Crippen molar-refractivity contribution in [1.29, 1.82) is 0 Å². The standard InChI is InChI=1S/C9H11F3N4O2S/c10-9(11,12)19(17,18)16-7-3-1-2-6(4-7)5-15-8(13)14/h1-4,16H,5H2,(H4,13,14,15). The Balaban J connectivity index is 2.93. The number of nitrogens with zero attached hydrogens (tertiary/aromatic N) is 1. The van der Waals surface area contributed by atoms with Gasteiger partial charge in [-0.05, 0) is 17.7 Å². The fourth-order valence-electron chi connectivity index (χ4n) is 1.13. The maximum absolute atomic E-state index is 12.2. The van der Waals surface area contributed by atoms with Crippen molar-refractivity contribution < 1.29 is 21.6 Å². The van der Waals surface area contributed by atoms with Crippen molar-refractivity contribution in [2.75, 3.05) is 4.72 Å². The molecule has 0 spiro atoms. The summed E-state index contributed by atoms with van der Waals surface area (Å²) in [7, 11) is -5.43. The van der Waals surface area contributed by atoms with Crippen LogP contribution in [0.15, 0.2) is 29.3 Å². The van der Waals surface area contributed by atoms with E-state index in [0.29, 0.717) is 5.56 Å². The van der Waals surface area contributed by atoms with Gasteiger partial charge in [0, 0.05) is 5.69 Å². The van der Waals surface area contributed by atoms with E-state index in [4.69, 9.17) is 11.5 Å². The van der Waals surface area contributed by atoms with Crippen LogP contribution < -0.4 is 16.2 Å². The molecule has 0 bridgehead atoms. The molecule has 1 aromatic rings. The number of guanidine groups is 1. The molecule has 1 aromatic carbocycles. The summed E-state index contributed by atoms with van der Waals surface area (Å²) in [6, 6.07) is 5.31. The summed E-state index contributed by atoms with van der Waals surface area (Å²) in [6.45, 7) is 0.0317. The van der Waals surface area contributed by atoms with Crippen LogP contribution >= 0.6 is 0 Å². The quantitative estimate of drug-likeness (QED) is 0.561. The molecule has 106 valence electrons. The summed E-state index contributed by atoms with van der Waals surface area (Å²) in [5.41, 5.74) is 5.07. The third-order valence-electron chi connectivity index (χ3n) is 1.93. The van der Waals surface area contributed by atoms with Crippen LogP contribution in [0.2, 0.25) is 0 Å². The zero-order chi connectivity index (χ0) is 14.7. The summed E-state index contributed by atoms with van der Waals surface area (Å²) in [6.07, 6.45) is 0. The van der Waals surface area contributed by atoms with E-state index in [0.717, 1.165) is 0 Å². The molecule has 5 N–H and O–H groups in total. The van der Waals surface area contributed by atoms with Gasteiger partial charge in [-0.1, -0.05) is 12.1 Å². The average Bonchev–Trinajstić information content (AvgIpc) is 2.24. The van der Waals surface area contributed by atoms with E-state index in [1.54, 1.807) is 0 Å². The van der Waals surface area contributed by atoms with E-state index in [-0.39, 0.29) is 18.2 Å². The molecule has 0 saturated heterocycles. The van der Waals surface area contributed by atoms with E-state index >= 15 is 0 Å². The van der Waals surface area contributed by atoms with E-state index < -0.39 is 15.5 Å². The van der Waals surface area contributed by atoms with Crippen molar-refractivity contribution in [2.45, 2.75) is 12.1 Å². The molecule has 0 atom stereocenters. The fraction of sp³-hybridized carbons (Fsp3) is 0.222. The molecule has 0 aromatic heterocycles. The van der Waals surface area contributed by atoms with Gasteiger partial charge in [-0.25, -0.2) is 4.99 Å². The maximum atomic E-state index is 12.2. The first-order valence-corrected chi connectivity index (χ1v) is 6.33. The van der Waals surface area contributed by atoms with Gasteiger partial charge < -0.3 is 11.5 Å². The van der Waals surface area contributed by atoms with Crippen molar-refractivity contribution in [3.05, 3.63) is 29.8 Å².